The molecule has 2 atom stereocenters. The van der Waals surface area contributed by atoms with E-state index >= 15 is 0 Å². The van der Waals surface area contributed by atoms with Crippen molar-refractivity contribution in [1.29, 1.82) is 0 Å². The summed E-state index contributed by atoms with van der Waals surface area (Å²) >= 11 is 0. The van der Waals surface area contributed by atoms with E-state index in [2.05, 4.69) is 41.0 Å². The molecule has 1 aliphatic rings. The monoisotopic (exact) mass is 587 g/mol. The maximum absolute atomic E-state index is 14.7. The molecule has 3 N–H and O–H groups in total. The zero-order valence-electron chi connectivity index (χ0n) is 24.5. The molecule has 12 heteroatoms. The van der Waals surface area contributed by atoms with Gasteiger partial charge in [-0.05, 0) is 51.4 Å². The Morgan fingerprint density at radius 2 is 1.71 bits per heavy atom. The van der Waals surface area contributed by atoms with Gasteiger partial charge in [0.25, 0.3) is 0 Å². The van der Waals surface area contributed by atoms with Crippen LogP contribution in [0.25, 0.3) is 11.2 Å². The van der Waals surface area contributed by atoms with E-state index in [4.69, 9.17) is 10.7 Å². The average Bonchev–Trinajstić information content (AvgIpc) is 3.33. The van der Waals surface area contributed by atoms with Crippen LogP contribution in [0.2, 0.25) is 0 Å². The number of carbonyl (C=O) groups excluding carboxylic acids is 2. The number of hydrogen-bond donors (Lipinski definition) is 2. The minimum atomic E-state index is -1.09. The highest BCUT2D eigenvalue weighted by molar-refractivity contribution is 5.78. The number of hydrogen-bond acceptors (Lipinski definition) is 7. The van der Waals surface area contributed by atoms with E-state index in [1.807, 2.05) is 4.57 Å². The first-order valence-corrected chi connectivity index (χ1v) is 14.9. The van der Waals surface area contributed by atoms with Crippen LogP contribution >= 0.6 is 0 Å². The summed E-state index contributed by atoms with van der Waals surface area (Å²) in [6, 6.07) is 1.20. The lowest BCUT2D eigenvalue weighted by atomic mass is 9.85. The number of rotatable bonds is 14. The lowest BCUT2D eigenvalue weighted by molar-refractivity contribution is -0.122. The van der Waals surface area contributed by atoms with Crippen LogP contribution in [0, 0.1) is 23.4 Å². The van der Waals surface area contributed by atoms with E-state index in [0.717, 1.165) is 32.0 Å². The number of benzene rings is 1. The Balaban J connectivity index is 1.85. The molecule has 0 saturated heterocycles. The first-order valence-electron chi connectivity index (χ1n) is 14.9. The number of halogens is 3. The molecule has 1 saturated carbocycles. The van der Waals surface area contributed by atoms with Gasteiger partial charge in [-0.15, -0.1) is 0 Å². The van der Waals surface area contributed by atoms with Gasteiger partial charge in [0.1, 0.15) is 23.3 Å². The number of anilines is 3. The fraction of sp³-hybridized carbons (Fsp3) is 0.567. The quantitative estimate of drug-likeness (QED) is 0.211. The summed E-state index contributed by atoms with van der Waals surface area (Å²) in [6.07, 6.45) is 9.41. The Hall–Kier alpha value is -3.70. The Kier molecular flexibility index (Phi) is 10.4. The third-order valence-electron chi connectivity index (χ3n) is 8.33. The second-order valence-electron chi connectivity index (χ2n) is 11.0. The van der Waals surface area contributed by atoms with E-state index < -0.39 is 23.1 Å². The summed E-state index contributed by atoms with van der Waals surface area (Å²) in [4.78, 5) is 39.6. The highest BCUT2D eigenvalue weighted by Crippen LogP contribution is 2.38. The predicted octanol–water partition coefficient (Wildman–Crippen LogP) is 6.35. The smallest absolute Gasteiger partial charge is 0.227 e. The van der Waals surface area contributed by atoms with Gasteiger partial charge in [0.15, 0.2) is 17.3 Å². The fourth-order valence-corrected chi connectivity index (χ4v) is 6.13. The first-order chi connectivity index (χ1) is 20.2. The Morgan fingerprint density at radius 1 is 1.07 bits per heavy atom. The molecule has 0 aliphatic heterocycles. The molecule has 1 aromatic carbocycles. The minimum Gasteiger partial charge on any atom is -0.369 e. The van der Waals surface area contributed by atoms with Crippen molar-refractivity contribution in [3.63, 3.8) is 0 Å². The molecule has 9 nitrogen and oxygen atoms in total. The highest BCUT2D eigenvalue weighted by atomic mass is 19.1. The van der Waals surface area contributed by atoms with E-state index in [9.17, 15) is 22.8 Å². The van der Waals surface area contributed by atoms with Crippen molar-refractivity contribution >= 4 is 40.9 Å². The van der Waals surface area contributed by atoms with E-state index in [0.29, 0.717) is 67.8 Å². The van der Waals surface area contributed by atoms with Gasteiger partial charge in [0.05, 0.1) is 6.20 Å². The largest absolute Gasteiger partial charge is 0.369 e. The standard InChI is InChI=1S/C30H40F3N7O2/c1-4-8-20(5-2)39(21(6-3)9-7-14-41)29-35-17-25-28(38-29)40(22-12-10-18(11-13-22)27(34)42)30(36-25)37-26-23(32)15-19(31)16-24(26)33/h14-18,20-22H,4-13H2,1-3H3,(H2,34,42)(H,36,37)/t18?,20-,21-,22?/m0/s1. The van der Waals surface area contributed by atoms with E-state index in [1.54, 1.807) is 6.20 Å². The lowest BCUT2D eigenvalue weighted by Gasteiger charge is -2.38. The maximum atomic E-state index is 14.7. The summed E-state index contributed by atoms with van der Waals surface area (Å²) in [5.41, 5.74) is 5.94. The number of aromatic nitrogens is 4. The number of fused-ring (bicyclic) bond motifs is 1. The molecule has 0 bridgehead atoms. The van der Waals surface area contributed by atoms with Gasteiger partial charge in [-0.25, -0.2) is 23.1 Å². The second-order valence-corrected chi connectivity index (χ2v) is 11.0. The van der Waals surface area contributed by atoms with Gasteiger partial charge < -0.3 is 20.7 Å². The minimum absolute atomic E-state index is 0.0338. The van der Waals surface area contributed by atoms with Crippen LogP contribution in [-0.4, -0.2) is 43.8 Å². The van der Waals surface area contributed by atoms with E-state index in [1.165, 1.54) is 0 Å². The van der Waals surface area contributed by atoms with Crippen LogP contribution in [0.5, 0.6) is 0 Å². The third-order valence-corrected chi connectivity index (χ3v) is 8.33. The molecular weight excluding hydrogens is 547 g/mol. The van der Waals surface area contributed by atoms with Crippen LogP contribution in [0.1, 0.15) is 91.0 Å². The van der Waals surface area contributed by atoms with Crippen LogP contribution in [-0.2, 0) is 9.59 Å². The number of imidazole rings is 1. The SMILES string of the molecule is CCC[C@H](CC)N(c1ncc2nc(Nc3c(F)cc(F)cc3F)n(C3CCC(C(N)=O)CC3)c2n1)[C@@H](CC)CCC=O. The van der Waals surface area contributed by atoms with Gasteiger partial charge in [-0.1, -0.05) is 27.2 Å². The maximum Gasteiger partial charge on any atom is 0.227 e. The summed E-state index contributed by atoms with van der Waals surface area (Å²) in [5.74, 6) is -3.16. The van der Waals surface area contributed by atoms with Crippen molar-refractivity contribution in [2.75, 3.05) is 10.2 Å². The number of nitrogens with one attached hydrogen (secondary N) is 1. The molecule has 2 heterocycles. The van der Waals surface area contributed by atoms with Crippen molar-refractivity contribution in [1.82, 2.24) is 19.5 Å². The topological polar surface area (TPSA) is 119 Å². The van der Waals surface area contributed by atoms with Crippen molar-refractivity contribution in [3.8, 4) is 0 Å². The highest BCUT2D eigenvalue weighted by Gasteiger charge is 2.31. The Morgan fingerprint density at radius 3 is 2.29 bits per heavy atom. The van der Waals surface area contributed by atoms with Crippen LogP contribution in [0.4, 0.5) is 30.8 Å². The zero-order chi connectivity index (χ0) is 30.4. The molecule has 4 rings (SSSR count). The van der Waals surface area contributed by atoms with Crippen molar-refractivity contribution in [3.05, 3.63) is 35.8 Å². The van der Waals surface area contributed by atoms with Gasteiger partial charge in [0, 0.05) is 42.6 Å². The zero-order valence-corrected chi connectivity index (χ0v) is 24.5. The van der Waals surface area contributed by atoms with Crippen molar-refractivity contribution in [2.45, 2.75) is 103 Å². The molecule has 1 amide bonds. The molecule has 42 heavy (non-hydrogen) atoms. The van der Waals surface area contributed by atoms with Crippen LogP contribution in [0.3, 0.4) is 0 Å². The number of carbonyl (C=O) groups is 2. The Bertz CT molecular complexity index is 1370. The second kappa shape index (κ2) is 14.0. The number of nitrogens with zero attached hydrogens (tertiary/aromatic N) is 5. The molecule has 0 spiro atoms. The number of nitrogens with two attached hydrogens (primary N) is 1. The molecular formula is C30H40F3N7O2. The van der Waals surface area contributed by atoms with Crippen LogP contribution in [0.15, 0.2) is 18.3 Å². The number of amides is 1. The lowest BCUT2D eigenvalue weighted by Crippen LogP contribution is -2.44. The van der Waals surface area contributed by atoms with Gasteiger partial charge in [-0.3, -0.25) is 9.36 Å². The molecule has 0 radical (unpaired) electrons. The molecule has 3 aromatic rings. The Labute approximate surface area is 244 Å². The van der Waals surface area contributed by atoms with E-state index in [-0.39, 0.29) is 35.9 Å². The molecule has 2 aromatic heterocycles. The summed E-state index contributed by atoms with van der Waals surface area (Å²) in [5, 5.41) is 2.75. The van der Waals surface area contributed by atoms with Gasteiger partial charge >= 0.3 is 0 Å². The fourth-order valence-electron chi connectivity index (χ4n) is 6.13. The van der Waals surface area contributed by atoms with Crippen molar-refractivity contribution < 1.29 is 22.8 Å². The van der Waals surface area contributed by atoms with Crippen LogP contribution < -0.4 is 16.0 Å². The average molecular weight is 588 g/mol. The third kappa shape index (κ3) is 6.68. The normalized spacial score (nSPS) is 18.5. The molecule has 228 valence electrons. The summed E-state index contributed by atoms with van der Waals surface area (Å²) in [6.45, 7) is 6.32. The van der Waals surface area contributed by atoms with Gasteiger partial charge in [-0.2, -0.15) is 4.98 Å². The van der Waals surface area contributed by atoms with Gasteiger partial charge in [0.2, 0.25) is 17.8 Å². The predicted molar refractivity (Wildman–Crippen MR) is 156 cm³/mol. The first kappa shape index (κ1) is 31.2. The number of aldehydes is 1. The number of primary amides is 1. The van der Waals surface area contributed by atoms with Crippen molar-refractivity contribution in [2.24, 2.45) is 11.7 Å². The molecule has 0 unspecified atom stereocenters. The molecule has 1 aliphatic carbocycles. The summed E-state index contributed by atoms with van der Waals surface area (Å²) in [7, 11) is 0. The molecule has 1 fully saturated rings. The summed E-state index contributed by atoms with van der Waals surface area (Å²) < 4.78 is 44.8.